The minimum absolute atomic E-state index is 0.0498. The first-order valence-corrected chi connectivity index (χ1v) is 8.99. The standard InChI is InChI=1S/C18H19N5O4S/c24-17(19-18(28)21-20-14-4-2-1-3-5-14)13-6-7-15(16(12-13)23(25)26)22-8-10-27-11-9-22/h1-7,12,20H,8-11H2,(H2,19,21,24,28). The lowest BCUT2D eigenvalue weighted by molar-refractivity contribution is -0.384. The van der Waals surface area contributed by atoms with Crippen LogP contribution in [0.2, 0.25) is 0 Å². The number of nitro benzene ring substituents is 1. The quantitative estimate of drug-likeness (QED) is 0.397. The first-order chi connectivity index (χ1) is 13.5. The molecule has 0 bridgehead atoms. The molecule has 28 heavy (non-hydrogen) atoms. The number of hydrogen-bond donors (Lipinski definition) is 3. The Morgan fingerprint density at radius 3 is 2.54 bits per heavy atom. The largest absolute Gasteiger partial charge is 0.378 e. The van der Waals surface area contributed by atoms with Crippen molar-refractivity contribution in [2.24, 2.45) is 0 Å². The van der Waals surface area contributed by atoms with E-state index < -0.39 is 10.8 Å². The summed E-state index contributed by atoms with van der Waals surface area (Å²) in [5.74, 6) is -0.538. The Kier molecular flexibility index (Phi) is 6.35. The van der Waals surface area contributed by atoms with Crippen LogP contribution in [-0.2, 0) is 4.74 Å². The van der Waals surface area contributed by atoms with E-state index in [1.807, 2.05) is 35.2 Å². The summed E-state index contributed by atoms with van der Waals surface area (Å²) in [5.41, 5.74) is 6.80. The Morgan fingerprint density at radius 1 is 1.14 bits per heavy atom. The van der Waals surface area contributed by atoms with Crippen LogP contribution < -0.4 is 21.1 Å². The number of amides is 1. The van der Waals surface area contributed by atoms with Gasteiger partial charge < -0.3 is 9.64 Å². The predicted octanol–water partition coefficient (Wildman–Crippen LogP) is 2.06. The summed E-state index contributed by atoms with van der Waals surface area (Å²) in [6, 6.07) is 13.6. The maximum atomic E-state index is 12.4. The molecule has 0 saturated carbocycles. The van der Waals surface area contributed by atoms with E-state index in [0.29, 0.717) is 32.0 Å². The van der Waals surface area contributed by atoms with E-state index in [1.165, 1.54) is 6.07 Å². The molecule has 0 spiro atoms. The number of nitrogens with zero attached hydrogens (tertiary/aromatic N) is 2. The van der Waals surface area contributed by atoms with E-state index in [4.69, 9.17) is 17.0 Å². The highest BCUT2D eigenvalue weighted by Gasteiger charge is 2.23. The van der Waals surface area contributed by atoms with E-state index in [2.05, 4.69) is 16.2 Å². The number of morpholine rings is 1. The average molecular weight is 401 g/mol. The van der Waals surface area contributed by atoms with E-state index in [9.17, 15) is 14.9 Å². The Morgan fingerprint density at radius 2 is 1.86 bits per heavy atom. The van der Waals surface area contributed by atoms with Gasteiger partial charge in [-0.25, -0.2) is 0 Å². The van der Waals surface area contributed by atoms with Gasteiger partial charge >= 0.3 is 0 Å². The van der Waals surface area contributed by atoms with Crippen molar-refractivity contribution in [2.75, 3.05) is 36.6 Å². The summed E-state index contributed by atoms with van der Waals surface area (Å²) < 4.78 is 5.28. The third kappa shape index (κ3) is 4.93. The van der Waals surface area contributed by atoms with Crippen molar-refractivity contribution in [1.29, 1.82) is 0 Å². The number of nitrogens with one attached hydrogen (secondary N) is 3. The molecule has 10 heteroatoms. The molecule has 2 aromatic carbocycles. The minimum Gasteiger partial charge on any atom is -0.378 e. The second-order valence-corrected chi connectivity index (χ2v) is 6.37. The number of carbonyl (C=O) groups excluding carboxylic acids is 1. The average Bonchev–Trinajstić information content (AvgIpc) is 2.73. The molecule has 1 saturated heterocycles. The smallest absolute Gasteiger partial charge is 0.293 e. The van der Waals surface area contributed by atoms with Crippen molar-refractivity contribution >= 4 is 40.3 Å². The van der Waals surface area contributed by atoms with Gasteiger partial charge in [0.15, 0.2) is 5.11 Å². The van der Waals surface area contributed by atoms with Gasteiger partial charge in [-0.05, 0) is 36.5 Å². The number of para-hydroxylation sites is 1. The molecule has 0 atom stereocenters. The van der Waals surface area contributed by atoms with E-state index in [1.54, 1.807) is 12.1 Å². The van der Waals surface area contributed by atoms with Crippen molar-refractivity contribution in [3.63, 3.8) is 0 Å². The van der Waals surface area contributed by atoms with Gasteiger partial charge in [0.1, 0.15) is 5.69 Å². The molecule has 1 fully saturated rings. The molecule has 2 aromatic rings. The highest BCUT2D eigenvalue weighted by Crippen LogP contribution is 2.29. The van der Waals surface area contributed by atoms with Crippen molar-refractivity contribution in [1.82, 2.24) is 10.7 Å². The predicted molar refractivity (Wildman–Crippen MR) is 109 cm³/mol. The number of carbonyl (C=O) groups is 1. The van der Waals surface area contributed by atoms with Gasteiger partial charge in [0, 0.05) is 24.7 Å². The van der Waals surface area contributed by atoms with Gasteiger partial charge in [0.25, 0.3) is 11.6 Å². The molecule has 0 aromatic heterocycles. The topological polar surface area (TPSA) is 109 Å². The van der Waals surface area contributed by atoms with Crippen LogP contribution in [0.1, 0.15) is 10.4 Å². The van der Waals surface area contributed by atoms with Crippen LogP contribution in [0.3, 0.4) is 0 Å². The second-order valence-electron chi connectivity index (χ2n) is 5.96. The zero-order valence-electron chi connectivity index (χ0n) is 14.9. The maximum Gasteiger partial charge on any atom is 0.293 e. The Labute approximate surface area is 166 Å². The summed E-state index contributed by atoms with van der Waals surface area (Å²) in [4.78, 5) is 25.3. The van der Waals surface area contributed by atoms with Crippen LogP contribution in [-0.4, -0.2) is 42.2 Å². The normalized spacial score (nSPS) is 13.5. The van der Waals surface area contributed by atoms with Gasteiger partial charge in [-0.15, -0.1) is 0 Å². The Balaban J connectivity index is 1.66. The van der Waals surface area contributed by atoms with Gasteiger partial charge in [0.05, 0.1) is 23.8 Å². The van der Waals surface area contributed by atoms with Crippen LogP contribution in [0.5, 0.6) is 0 Å². The molecular formula is C18H19N5O4S. The summed E-state index contributed by atoms with van der Waals surface area (Å²) in [6.07, 6.45) is 0. The fourth-order valence-corrected chi connectivity index (χ4v) is 2.88. The molecule has 3 N–H and O–H groups in total. The van der Waals surface area contributed by atoms with E-state index in [0.717, 1.165) is 5.69 Å². The SMILES string of the molecule is O=C(NC(=S)NNc1ccccc1)c1ccc(N2CCOCC2)c([N+](=O)[O-])c1. The van der Waals surface area contributed by atoms with Gasteiger partial charge in [0.2, 0.25) is 0 Å². The maximum absolute atomic E-state index is 12.4. The summed E-state index contributed by atoms with van der Waals surface area (Å²) in [6.45, 7) is 2.14. The number of hydrogen-bond acceptors (Lipinski definition) is 7. The zero-order chi connectivity index (χ0) is 19.9. The third-order valence-corrected chi connectivity index (χ3v) is 4.31. The second kappa shape index (κ2) is 9.11. The first-order valence-electron chi connectivity index (χ1n) is 8.58. The van der Waals surface area contributed by atoms with Crippen LogP contribution in [0.25, 0.3) is 0 Å². The molecule has 146 valence electrons. The van der Waals surface area contributed by atoms with Crippen molar-refractivity contribution in [3.05, 3.63) is 64.2 Å². The lowest BCUT2D eigenvalue weighted by atomic mass is 10.1. The molecule has 1 aliphatic rings. The number of rotatable bonds is 5. The first kappa shape index (κ1) is 19.5. The Bertz CT molecular complexity index is 872. The lowest BCUT2D eigenvalue weighted by Crippen LogP contribution is -2.42. The molecule has 0 unspecified atom stereocenters. The highest BCUT2D eigenvalue weighted by molar-refractivity contribution is 7.80. The molecule has 0 aliphatic carbocycles. The third-order valence-electron chi connectivity index (χ3n) is 4.11. The van der Waals surface area contributed by atoms with E-state index in [-0.39, 0.29) is 16.4 Å². The Hall–Kier alpha value is -3.24. The van der Waals surface area contributed by atoms with Crippen molar-refractivity contribution in [3.8, 4) is 0 Å². The molecule has 0 radical (unpaired) electrons. The molecule has 9 nitrogen and oxygen atoms in total. The number of anilines is 2. The number of hydrazine groups is 1. The molecule has 1 aliphatic heterocycles. The van der Waals surface area contributed by atoms with Gasteiger partial charge in [-0.1, -0.05) is 18.2 Å². The van der Waals surface area contributed by atoms with Crippen molar-refractivity contribution < 1.29 is 14.5 Å². The lowest BCUT2D eigenvalue weighted by Gasteiger charge is -2.28. The van der Waals surface area contributed by atoms with E-state index >= 15 is 0 Å². The molecule has 1 heterocycles. The molecule has 1 amide bonds. The van der Waals surface area contributed by atoms with Gasteiger partial charge in [-0.3, -0.25) is 31.1 Å². The monoisotopic (exact) mass is 401 g/mol. The number of benzene rings is 2. The van der Waals surface area contributed by atoms with Crippen LogP contribution >= 0.6 is 12.2 Å². The number of nitro groups is 1. The zero-order valence-corrected chi connectivity index (χ0v) is 15.7. The van der Waals surface area contributed by atoms with Crippen LogP contribution in [0.4, 0.5) is 17.1 Å². The molecule has 3 rings (SSSR count). The summed E-state index contributed by atoms with van der Waals surface area (Å²) in [5, 5.41) is 14.0. The summed E-state index contributed by atoms with van der Waals surface area (Å²) in [7, 11) is 0. The summed E-state index contributed by atoms with van der Waals surface area (Å²) >= 11 is 5.08. The highest BCUT2D eigenvalue weighted by atomic mass is 32.1. The van der Waals surface area contributed by atoms with Crippen LogP contribution in [0.15, 0.2) is 48.5 Å². The molecular weight excluding hydrogens is 382 g/mol. The van der Waals surface area contributed by atoms with Crippen LogP contribution in [0, 0.1) is 10.1 Å². The van der Waals surface area contributed by atoms with Crippen molar-refractivity contribution in [2.45, 2.75) is 0 Å². The van der Waals surface area contributed by atoms with Gasteiger partial charge in [-0.2, -0.15) is 0 Å². The minimum atomic E-state index is -0.538. The fourth-order valence-electron chi connectivity index (χ4n) is 2.74. The number of ether oxygens (including phenoxy) is 1. The fraction of sp³-hybridized carbons (Fsp3) is 0.222. The number of thiocarbonyl (C=S) groups is 1.